The SMILES string of the molecule is Cc1cc(-c2noc(C(C)N3CCC(N(C)CC(=O)O)CC3)n2)ccc1F.Cl. The molecule has 1 aliphatic rings. The van der Waals surface area contributed by atoms with Gasteiger partial charge in [-0.2, -0.15) is 4.98 Å². The molecule has 1 atom stereocenters. The van der Waals surface area contributed by atoms with Gasteiger partial charge < -0.3 is 9.63 Å². The highest BCUT2D eigenvalue weighted by atomic mass is 35.5. The van der Waals surface area contributed by atoms with Crippen LogP contribution in [0.25, 0.3) is 11.4 Å². The van der Waals surface area contributed by atoms with Crippen LogP contribution < -0.4 is 0 Å². The van der Waals surface area contributed by atoms with Gasteiger partial charge in [-0.25, -0.2) is 4.39 Å². The lowest BCUT2D eigenvalue weighted by atomic mass is 10.0. The zero-order chi connectivity index (χ0) is 19.6. The van der Waals surface area contributed by atoms with Crippen LogP contribution in [0.1, 0.15) is 37.3 Å². The third kappa shape index (κ3) is 5.06. The minimum atomic E-state index is -0.803. The Hall–Kier alpha value is -2.03. The van der Waals surface area contributed by atoms with Crippen LogP contribution in [0.5, 0.6) is 0 Å². The second kappa shape index (κ2) is 9.45. The molecule has 1 aromatic carbocycles. The van der Waals surface area contributed by atoms with Crippen LogP contribution in [0.15, 0.2) is 22.7 Å². The normalized spacial score (nSPS) is 16.8. The van der Waals surface area contributed by atoms with E-state index in [1.54, 1.807) is 19.1 Å². The summed E-state index contributed by atoms with van der Waals surface area (Å²) in [7, 11) is 1.85. The third-order valence-electron chi connectivity index (χ3n) is 5.27. The lowest BCUT2D eigenvalue weighted by molar-refractivity contribution is -0.138. The van der Waals surface area contributed by atoms with E-state index in [2.05, 4.69) is 15.0 Å². The van der Waals surface area contributed by atoms with Gasteiger partial charge in [0, 0.05) is 24.7 Å². The van der Waals surface area contributed by atoms with Crippen molar-refractivity contribution >= 4 is 18.4 Å². The Balaban J connectivity index is 0.00000280. The maximum atomic E-state index is 13.4. The number of nitrogens with zero attached hydrogens (tertiary/aromatic N) is 4. The number of likely N-dealkylation sites (tertiary alicyclic amines) is 1. The van der Waals surface area contributed by atoms with Crippen molar-refractivity contribution < 1.29 is 18.8 Å². The first-order chi connectivity index (χ1) is 12.8. The smallest absolute Gasteiger partial charge is 0.317 e. The zero-order valence-corrected chi connectivity index (χ0v) is 17.1. The number of aliphatic carboxylic acids is 1. The number of halogens is 2. The van der Waals surface area contributed by atoms with Gasteiger partial charge in [-0.1, -0.05) is 5.16 Å². The van der Waals surface area contributed by atoms with Gasteiger partial charge in [-0.15, -0.1) is 12.4 Å². The van der Waals surface area contributed by atoms with Gasteiger partial charge in [0.2, 0.25) is 11.7 Å². The number of hydrogen-bond donors (Lipinski definition) is 1. The molecule has 2 heterocycles. The van der Waals surface area contributed by atoms with Crippen LogP contribution in [-0.4, -0.2) is 63.7 Å². The first-order valence-corrected chi connectivity index (χ1v) is 9.11. The predicted molar refractivity (Wildman–Crippen MR) is 105 cm³/mol. The molecule has 0 aliphatic carbocycles. The van der Waals surface area contributed by atoms with Gasteiger partial charge in [0.05, 0.1) is 12.6 Å². The molecule has 0 spiro atoms. The number of carboxylic acid groups (broad SMARTS) is 1. The number of benzene rings is 1. The van der Waals surface area contributed by atoms with Crippen molar-refractivity contribution in [3.05, 3.63) is 35.5 Å². The summed E-state index contributed by atoms with van der Waals surface area (Å²) < 4.78 is 18.9. The summed E-state index contributed by atoms with van der Waals surface area (Å²) in [5.41, 5.74) is 1.27. The molecule has 0 radical (unpaired) electrons. The van der Waals surface area contributed by atoms with Crippen LogP contribution in [0.2, 0.25) is 0 Å². The molecule has 1 N–H and O–H groups in total. The fourth-order valence-electron chi connectivity index (χ4n) is 3.52. The zero-order valence-electron chi connectivity index (χ0n) is 16.3. The van der Waals surface area contributed by atoms with Gasteiger partial charge in [-0.05, 0) is 57.5 Å². The number of aryl methyl sites for hydroxylation is 1. The Kier molecular flexibility index (Phi) is 7.51. The molecule has 3 rings (SSSR count). The summed E-state index contributed by atoms with van der Waals surface area (Å²) in [6.45, 7) is 5.46. The van der Waals surface area contributed by atoms with Crippen molar-refractivity contribution in [2.45, 2.75) is 38.8 Å². The van der Waals surface area contributed by atoms with E-state index >= 15 is 0 Å². The summed E-state index contributed by atoms with van der Waals surface area (Å²) in [5, 5.41) is 13.0. The van der Waals surface area contributed by atoms with Crippen molar-refractivity contribution in [1.82, 2.24) is 19.9 Å². The number of likely N-dealkylation sites (N-methyl/N-ethyl adjacent to an activating group) is 1. The van der Waals surface area contributed by atoms with Crippen LogP contribution in [0, 0.1) is 12.7 Å². The quantitative estimate of drug-likeness (QED) is 0.780. The van der Waals surface area contributed by atoms with E-state index in [1.807, 2.05) is 18.9 Å². The van der Waals surface area contributed by atoms with Gasteiger partial charge in [0.1, 0.15) is 5.82 Å². The summed E-state index contributed by atoms with van der Waals surface area (Å²) >= 11 is 0. The second-order valence-electron chi connectivity index (χ2n) is 7.17. The van der Waals surface area contributed by atoms with Gasteiger partial charge in [0.15, 0.2) is 0 Å². The first-order valence-electron chi connectivity index (χ1n) is 9.11. The second-order valence-corrected chi connectivity index (χ2v) is 7.17. The van der Waals surface area contributed by atoms with E-state index in [0.29, 0.717) is 17.3 Å². The number of piperidine rings is 1. The first kappa shape index (κ1) is 22.3. The maximum Gasteiger partial charge on any atom is 0.317 e. The summed E-state index contributed by atoms with van der Waals surface area (Å²) in [4.78, 5) is 19.5. The molecule has 0 saturated carbocycles. The van der Waals surface area contributed by atoms with E-state index in [1.165, 1.54) is 6.07 Å². The van der Waals surface area contributed by atoms with E-state index in [9.17, 15) is 9.18 Å². The molecule has 28 heavy (non-hydrogen) atoms. The van der Waals surface area contributed by atoms with Gasteiger partial charge >= 0.3 is 5.97 Å². The Bertz CT molecular complexity index is 808. The number of aromatic nitrogens is 2. The monoisotopic (exact) mass is 412 g/mol. The van der Waals surface area contributed by atoms with Crippen LogP contribution >= 0.6 is 12.4 Å². The van der Waals surface area contributed by atoms with Crippen LogP contribution in [0.4, 0.5) is 4.39 Å². The molecule has 1 aliphatic heterocycles. The minimum absolute atomic E-state index is 0. The number of carboxylic acids is 1. The third-order valence-corrected chi connectivity index (χ3v) is 5.27. The van der Waals surface area contributed by atoms with E-state index in [4.69, 9.17) is 9.63 Å². The lowest BCUT2D eigenvalue weighted by Crippen LogP contribution is -2.45. The maximum absolute atomic E-state index is 13.4. The van der Waals surface area contributed by atoms with E-state index in [-0.39, 0.29) is 36.9 Å². The molecule has 1 fully saturated rings. The largest absolute Gasteiger partial charge is 0.480 e. The van der Waals surface area contributed by atoms with Crippen molar-refractivity contribution in [3.63, 3.8) is 0 Å². The average molecular weight is 413 g/mol. The Morgan fingerprint density at radius 2 is 2.11 bits per heavy atom. The number of rotatable bonds is 6. The van der Waals surface area contributed by atoms with Crippen molar-refractivity contribution in [2.24, 2.45) is 0 Å². The number of carbonyl (C=O) groups is 1. The average Bonchev–Trinajstić information content (AvgIpc) is 3.13. The molecule has 9 heteroatoms. The molecule has 1 unspecified atom stereocenters. The summed E-state index contributed by atoms with van der Waals surface area (Å²) in [5.74, 6) is -0.0744. The summed E-state index contributed by atoms with van der Waals surface area (Å²) in [6.07, 6.45) is 1.79. The molecular weight excluding hydrogens is 387 g/mol. The topological polar surface area (TPSA) is 82.7 Å². The van der Waals surface area contributed by atoms with Crippen LogP contribution in [0.3, 0.4) is 0 Å². The Labute approximate surface area is 169 Å². The minimum Gasteiger partial charge on any atom is -0.480 e. The van der Waals surface area contributed by atoms with Crippen molar-refractivity contribution in [3.8, 4) is 11.4 Å². The highest BCUT2D eigenvalue weighted by Crippen LogP contribution is 2.27. The molecule has 2 aromatic rings. The molecule has 154 valence electrons. The van der Waals surface area contributed by atoms with Crippen molar-refractivity contribution in [1.29, 1.82) is 0 Å². The van der Waals surface area contributed by atoms with Gasteiger partial charge in [-0.3, -0.25) is 14.6 Å². The Morgan fingerprint density at radius 3 is 2.71 bits per heavy atom. The fourth-order valence-corrected chi connectivity index (χ4v) is 3.52. The predicted octanol–water partition coefficient (Wildman–Crippen LogP) is 3.15. The van der Waals surface area contributed by atoms with Crippen LogP contribution in [-0.2, 0) is 4.79 Å². The molecule has 1 aromatic heterocycles. The highest BCUT2D eigenvalue weighted by Gasteiger charge is 2.29. The standard InChI is InChI=1S/C19H25FN4O3.ClH/c1-12-10-14(4-5-16(12)20)18-21-19(27-22-18)13(2)24-8-6-15(7-9-24)23(3)11-17(25)26;/h4-5,10,13,15H,6-9,11H2,1-3H3,(H,25,26);1H. The molecule has 0 bridgehead atoms. The van der Waals surface area contributed by atoms with E-state index < -0.39 is 5.97 Å². The highest BCUT2D eigenvalue weighted by molar-refractivity contribution is 5.85. The fraction of sp³-hybridized carbons (Fsp3) is 0.526. The van der Waals surface area contributed by atoms with Gasteiger partial charge in [0.25, 0.3) is 0 Å². The van der Waals surface area contributed by atoms with Crippen molar-refractivity contribution in [2.75, 3.05) is 26.7 Å². The molecular formula is C19H26ClFN4O3. The molecule has 1 saturated heterocycles. The molecule has 7 nitrogen and oxygen atoms in total. The lowest BCUT2D eigenvalue weighted by Gasteiger charge is -2.37. The molecule has 0 amide bonds. The summed E-state index contributed by atoms with van der Waals surface area (Å²) in [6, 6.07) is 5.00. The Morgan fingerprint density at radius 1 is 1.43 bits per heavy atom. The van der Waals surface area contributed by atoms with E-state index in [0.717, 1.165) is 31.5 Å². The number of hydrogen-bond acceptors (Lipinski definition) is 6.